The van der Waals surface area contributed by atoms with E-state index in [-0.39, 0.29) is 6.61 Å². The highest BCUT2D eigenvalue weighted by molar-refractivity contribution is 5.73. The standard InChI is InChI=1S/C14H21NO5/c15-13(14(17)18)12(16)10-20-8-4-7-19-9-11-5-2-1-3-6-11/h1-3,5-6,12-13,16H,4,7-10,15H2,(H,17,18)/t12-,13+/m0/s1. The summed E-state index contributed by atoms with van der Waals surface area (Å²) >= 11 is 0. The molecule has 0 saturated carbocycles. The topological polar surface area (TPSA) is 102 Å². The summed E-state index contributed by atoms with van der Waals surface area (Å²) in [5.74, 6) is -1.24. The van der Waals surface area contributed by atoms with E-state index >= 15 is 0 Å². The lowest BCUT2D eigenvalue weighted by atomic mass is 10.2. The number of ether oxygens (including phenoxy) is 2. The first-order valence-corrected chi connectivity index (χ1v) is 6.47. The van der Waals surface area contributed by atoms with Gasteiger partial charge in [-0.2, -0.15) is 0 Å². The summed E-state index contributed by atoms with van der Waals surface area (Å²) in [6.07, 6.45) is -0.528. The van der Waals surface area contributed by atoms with E-state index < -0.39 is 18.1 Å². The van der Waals surface area contributed by atoms with Gasteiger partial charge in [-0.1, -0.05) is 30.3 Å². The highest BCUT2D eigenvalue weighted by Gasteiger charge is 2.21. The zero-order chi connectivity index (χ0) is 14.8. The third-order valence-corrected chi connectivity index (χ3v) is 2.68. The molecule has 0 aromatic heterocycles. The summed E-state index contributed by atoms with van der Waals surface area (Å²) in [6.45, 7) is 1.38. The summed E-state index contributed by atoms with van der Waals surface area (Å²) in [4.78, 5) is 10.5. The van der Waals surface area contributed by atoms with E-state index in [9.17, 15) is 9.90 Å². The minimum Gasteiger partial charge on any atom is -0.480 e. The first-order valence-electron chi connectivity index (χ1n) is 6.47. The van der Waals surface area contributed by atoms with Crippen LogP contribution < -0.4 is 5.73 Å². The number of carboxylic acid groups (broad SMARTS) is 1. The predicted octanol–water partition coefficient (Wildman–Crippen LogP) is 0.383. The van der Waals surface area contributed by atoms with E-state index in [4.69, 9.17) is 20.3 Å². The number of carboxylic acids is 1. The van der Waals surface area contributed by atoms with Crippen LogP contribution in [-0.4, -0.2) is 48.1 Å². The van der Waals surface area contributed by atoms with Crippen molar-refractivity contribution in [3.05, 3.63) is 35.9 Å². The SMILES string of the molecule is N[C@@H](C(=O)O)[C@@H](O)COCCCOCc1ccccc1. The number of hydrogen-bond acceptors (Lipinski definition) is 5. The van der Waals surface area contributed by atoms with Crippen molar-refractivity contribution in [1.82, 2.24) is 0 Å². The average molecular weight is 283 g/mol. The lowest BCUT2D eigenvalue weighted by Gasteiger charge is -2.14. The molecular weight excluding hydrogens is 262 g/mol. The minimum atomic E-state index is -1.32. The third-order valence-electron chi connectivity index (χ3n) is 2.68. The minimum absolute atomic E-state index is 0.0911. The van der Waals surface area contributed by atoms with Crippen LogP contribution in [0.2, 0.25) is 0 Å². The van der Waals surface area contributed by atoms with Gasteiger partial charge < -0.3 is 25.4 Å². The fourth-order valence-corrected chi connectivity index (χ4v) is 1.50. The Morgan fingerprint density at radius 1 is 1.20 bits per heavy atom. The molecule has 0 aliphatic carbocycles. The van der Waals surface area contributed by atoms with Gasteiger partial charge in [0, 0.05) is 13.2 Å². The van der Waals surface area contributed by atoms with E-state index in [2.05, 4.69) is 0 Å². The Kier molecular flexibility index (Phi) is 7.82. The van der Waals surface area contributed by atoms with Crippen LogP contribution in [0.25, 0.3) is 0 Å². The van der Waals surface area contributed by atoms with E-state index in [1.807, 2.05) is 30.3 Å². The van der Waals surface area contributed by atoms with Gasteiger partial charge in [0.2, 0.25) is 0 Å². The van der Waals surface area contributed by atoms with Crippen LogP contribution in [0.5, 0.6) is 0 Å². The number of carbonyl (C=O) groups is 1. The van der Waals surface area contributed by atoms with Gasteiger partial charge in [0.15, 0.2) is 0 Å². The smallest absolute Gasteiger partial charge is 0.323 e. The third kappa shape index (κ3) is 6.63. The van der Waals surface area contributed by atoms with Gasteiger partial charge in [-0.15, -0.1) is 0 Å². The molecule has 6 nitrogen and oxygen atoms in total. The Hall–Kier alpha value is -1.47. The maximum atomic E-state index is 10.5. The molecule has 0 amide bonds. The maximum Gasteiger partial charge on any atom is 0.323 e. The van der Waals surface area contributed by atoms with Crippen molar-refractivity contribution in [1.29, 1.82) is 0 Å². The molecule has 0 fully saturated rings. The monoisotopic (exact) mass is 283 g/mol. The van der Waals surface area contributed by atoms with Crippen molar-refractivity contribution in [3.63, 3.8) is 0 Å². The van der Waals surface area contributed by atoms with E-state index in [1.165, 1.54) is 0 Å². The van der Waals surface area contributed by atoms with Crippen molar-refractivity contribution in [2.75, 3.05) is 19.8 Å². The van der Waals surface area contributed by atoms with Crippen molar-refractivity contribution in [3.8, 4) is 0 Å². The molecule has 4 N–H and O–H groups in total. The van der Waals surface area contributed by atoms with Gasteiger partial charge >= 0.3 is 5.97 Å². The summed E-state index contributed by atoms with van der Waals surface area (Å²) in [5, 5.41) is 18.0. The molecule has 6 heteroatoms. The molecule has 1 rings (SSSR count). The van der Waals surface area contributed by atoms with Crippen molar-refractivity contribution in [2.24, 2.45) is 5.73 Å². The average Bonchev–Trinajstić information content (AvgIpc) is 2.46. The second-order valence-corrected chi connectivity index (χ2v) is 4.40. The van der Waals surface area contributed by atoms with Gasteiger partial charge in [-0.05, 0) is 12.0 Å². The number of aliphatic carboxylic acids is 1. The van der Waals surface area contributed by atoms with Crippen LogP contribution in [0.3, 0.4) is 0 Å². The van der Waals surface area contributed by atoms with Crippen molar-refractivity contribution < 1.29 is 24.5 Å². The number of benzene rings is 1. The molecule has 1 aromatic carbocycles. The molecule has 1 aromatic rings. The second kappa shape index (κ2) is 9.44. The first-order chi connectivity index (χ1) is 9.61. The number of hydrogen-bond donors (Lipinski definition) is 3. The number of rotatable bonds is 10. The van der Waals surface area contributed by atoms with Crippen LogP contribution in [-0.2, 0) is 20.9 Å². The molecule has 0 saturated heterocycles. The molecule has 112 valence electrons. The van der Waals surface area contributed by atoms with Crippen LogP contribution >= 0.6 is 0 Å². The normalized spacial score (nSPS) is 13.9. The Morgan fingerprint density at radius 3 is 2.50 bits per heavy atom. The molecule has 0 radical (unpaired) electrons. The highest BCUT2D eigenvalue weighted by atomic mass is 16.5. The van der Waals surface area contributed by atoms with Gasteiger partial charge in [0.1, 0.15) is 12.1 Å². The molecule has 0 unspecified atom stereocenters. The fraction of sp³-hybridized carbons (Fsp3) is 0.500. The molecule has 0 bridgehead atoms. The number of aliphatic hydroxyl groups excluding tert-OH is 1. The van der Waals surface area contributed by atoms with E-state index in [1.54, 1.807) is 0 Å². The molecule has 2 atom stereocenters. The first kappa shape index (κ1) is 16.6. The van der Waals surface area contributed by atoms with Crippen LogP contribution in [0, 0.1) is 0 Å². The Balaban J connectivity index is 1.99. The summed E-state index contributed by atoms with van der Waals surface area (Å²) in [6, 6.07) is 8.51. The molecular formula is C14H21NO5. The van der Waals surface area contributed by atoms with E-state index in [0.29, 0.717) is 26.2 Å². The summed E-state index contributed by atoms with van der Waals surface area (Å²) in [5.41, 5.74) is 6.34. The number of nitrogens with two attached hydrogens (primary N) is 1. The van der Waals surface area contributed by atoms with Crippen LogP contribution in [0.4, 0.5) is 0 Å². The van der Waals surface area contributed by atoms with Crippen molar-refractivity contribution in [2.45, 2.75) is 25.2 Å². The van der Waals surface area contributed by atoms with Gasteiger partial charge in [-0.3, -0.25) is 4.79 Å². The highest BCUT2D eigenvalue weighted by Crippen LogP contribution is 2.01. The predicted molar refractivity (Wildman–Crippen MR) is 73.2 cm³/mol. The Morgan fingerprint density at radius 2 is 1.85 bits per heavy atom. The second-order valence-electron chi connectivity index (χ2n) is 4.40. The molecule has 0 spiro atoms. The summed E-state index contributed by atoms with van der Waals surface area (Å²) in [7, 11) is 0. The fourth-order valence-electron chi connectivity index (χ4n) is 1.50. The number of aliphatic hydroxyl groups is 1. The largest absolute Gasteiger partial charge is 0.480 e. The zero-order valence-electron chi connectivity index (χ0n) is 11.3. The van der Waals surface area contributed by atoms with Gasteiger partial charge in [0.05, 0.1) is 13.2 Å². The lowest BCUT2D eigenvalue weighted by Crippen LogP contribution is -2.44. The Bertz CT molecular complexity index is 384. The Labute approximate surface area is 118 Å². The van der Waals surface area contributed by atoms with Gasteiger partial charge in [0.25, 0.3) is 0 Å². The summed E-state index contributed by atoms with van der Waals surface area (Å²) < 4.78 is 10.6. The zero-order valence-corrected chi connectivity index (χ0v) is 11.3. The molecule has 0 aliphatic rings. The van der Waals surface area contributed by atoms with E-state index in [0.717, 1.165) is 5.56 Å². The molecule has 0 aliphatic heterocycles. The maximum absolute atomic E-state index is 10.5. The quantitative estimate of drug-likeness (QED) is 0.537. The lowest BCUT2D eigenvalue weighted by molar-refractivity contribution is -0.142. The molecule has 20 heavy (non-hydrogen) atoms. The molecule has 0 heterocycles. The van der Waals surface area contributed by atoms with Crippen LogP contribution in [0.15, 0.2) is 30.3 Å². The van der Waals surface area contributed by atoms with Crippen LogP contribution in [0.1, 0.15) is 12.0 Å². The van der Waals surface area contributed by atoms with Gasteiger partial charge in [-0.25, -0.2) is 0 Å². The van der Waals surface area contributed by atoms with Crippen molar-refractivity contribution >= 4 is 5.97 Å².